The fourth-order valence-corrected chi connectivity index (χ4v) is 2.77. The number of Topliss-reactive ketones (excluding diaryl/α,β-unsaturated/α-hetero) is 1. The second-order valence-corrected chi connectivity index (χ2v) is 6.21. The maximum Gasteiger partial charge on any atom is 0.331 e. The standard InChI is InChI=1S/C23H26O7/c1-6-29-19-9-8-17(15(2)24)13-18(19)14-30-22(25)10-7-16-11-20(26-3)23(28-5)21(12-16)27-4/h7-13H,6,14H2,1-5H3/b10-7+. The van der Waals surface area contributed by atoms with E-state index in [1.54, 1.807) is 36.4 Å². The summed E-state index contributed by atoms with van der Waals surface area (Å²) in [5, 5.41) is 0. The third-order valence-corrected chi connectivity index (χ3v) is 4.24. The Balaban J connectivity index is 2.14. The molecule has 0 atom stereocenters. The molecule has 30 heavy (non-hydrogen) atoms. The molecule has 160 valence electrons. The van der Waals surface area contributed by atoms with E-state index in [4.69, 9.17) is 23.7 Å². The van der Waals surface area contributed by atoms with Crippen LogP contribution in [0.5, 0.6) is 23.0 Å². The molecule has 2 aromatic rings. The van der Waals surface area contributed by atoms with E-state index in [1.807, 2.05) is 6.92 Å². The van der Waals surface area contributed by atoms with Crippen molar-refractivity contribution in [1.82, 2.24) is 0 Å². The molecule has 2 aromatic carbocycles. The maximum absolute atomic E-state index is 12.2. The van der Waals surface area contributed by atoms with Gasteiger partial charge in [-0.05, 0) is 55.8 Å². The molecule has 0 saturated heterocycles. The zero-order chi connectivity index (χ0) is 22.1. The summed E-state index contributed by atoms with van der Waals surface area (Å²) < 4.78 is 26.8. The lowest BCUT2D eigenvalue weighted by Gasteiger charge is -2.13. The van der Waals surface area contributed by atoms with E-state index in [9.17, 15) is 9.59 Å². The van der Waals surface area contributed by atoms with Gasteiger partial charge in [-0.2, -0.15) is 0 Å². The van der Waals surface area contributed by atoms with E-state index in [0.29, 0.717) is 46.3 Å². The van der Waals surface area contributed by atoms with E-state index in [-0.39, 0.29) is 12.4 Å². The highest BCUT2D eigenvalue weighted by Gasteiger charge is 2.13. The second kappa shape index (κ2) is 10.9. The van der Waals surface area contributed by atoms with Crippen LogP contribution in [-0.4, -0.2) is 39.7 Å². The molecule has 0 radical (unpaired) electrons. The molecule has 0 aliphatic rings. The minimum atomic E-state index is -0.542. The SMILES string of the molecule is CCOc1ccc(C(C)=O)cc1COC(=O)/C=C/c1cc(OC)c(OC)c(OC)c1. The van der Waals surface area contributed by atoms with Crippen molar-refractivity contribution in [2.75, 3.05) is 27.9 Å². The molecule has 0 aliphatic carbocycles. The molecule has 0 fully saturated rings. The average Bonchev–Trinajstić information content (AvgIpc) is 2.75. The smallest absolute Gasteiger partial charge is 0.331 e. The van der Waals surface area contributed by atoms with Gasteiger partial charge in [0.15, 0.2) is 17.3 Å². The van der Waals surface area contributed by atoms with Crippen LogP contribution in [0.4, 0.5) is 0 Å². The van der Waals surface area contributed by atoms with Gasteiger partial charge in [-0.25, -0.2) is 4.79 Å². The lowest BCUT2D eigenvalue weighted by atomic mass is 10.1. The number of esters is 1. The molecule has 0 saturated carbocycles. The molecule has 7 nitrogen and oxygen atoms in total. The maximum atomic E-state index is 12.2. The third kappa shape index (κ3) is 5.76. The Morgan fingerprint density at radius 1 is 0.933 bits per heavy atom. The van der Waals surface area contributed by atoms with Gasteiger partial charge in [0.05, 0.1) is 27.9 Å². The predicted molar refractivity (Wildman–Crippen MR) is 113 cm³/mol. The van der Waals surface area contributed by atoms with E-state index in [1.165, 1.54) is 34.3 Å². The number of methoxy groups -OCH3 is 3. The summed E-state index contributed by atoms with van der Waals surface area (Å²) >= 11 is 0. The van der Waals surface area contributed by atoms with Gasteiger partial charge in [-0.3, -0.25) is 4.79 Å². The average molecular weight is 414 g/mol. The van der Waals surface area contributed by atoms with Crippen molar-refractivity contribution in [3.63, 3.8) is 0 Å². The molecular weight excluding hydrogens is 388 g/mol. The zero-order valence-corrected chi connectivity index (χ0v) is 17.8. The summed E-state index contributed by atoms with van der Waals surface area (Å²) in [5.74, 6) is 1.38. The van der Waals surface area contributed by atoms with Crippen molar-refractivity contribution in [2.45, 2.75) is 20.5 Å². The van der Waals surface area contributed by atoms with Crippen LogP contribution in [0, 0.1) is 0 Å². The minimum absolute atomic E-state index is 0.0190. The van der Waals surface area contributed by atoms with Crippen LogP contribution in [0.15, 0.2) is 36.4 Å². The first-order chi connectivity index (χ1) is 14.4. The van der Waals surface area contributed by atoms with Gasteiger partial charge in [-0.1, -0.05) is 0 Å². The van der Waals surface area contributed by atoms with Gasteiger partial charge in [-0.15, -0.1) is 0 Å². The Kier molecular flexibility index (Phi) is 8.29. The first kappa shape index (κ1) is 22.8. The molecular formula is C23H26O7. The number of carbonyl (C=O) groups is 2. The van der Waals surface area contributed by atoms with Gasteiger partial charge < -0.3 is 23.7 Å². The van der Waals surface area contributed by atoms with E-state index in [0.717, 1.165) is 0 Å². The van der Waals surface area contributed by atoms with Crippen LogP contribution >= 0.6 is 0 Å². The fraction of sp³-hybridized carbons (Fsp3) is 0.304. The number of rotatable bonds is 10. The minimum Gasteiger partial charge on any atom is -0.493 e. The molecule has 0 bridgehead atoms. The summed E-state index contributed by atoms with van der Waals surface area (Å²) in [6.45, 7) is 3.77. The van der Waals surface area contributed by atoms with Gasteiger partial charge in [0.2, 0.25) is 5.75 Å². The lowest BCUT2D eigenvalue weighted by Crippen LogP contribution is -2.05. The predicted octanol–water partition coefficient (Wildman–Crippen LogP) is 4.07. The van der Waals surface area contributed by atoms with Crippen LogP contribution in [0.3, 0.4) is 0 Å². The van der Waals surface area contributed by atoms with E-state index < -0.39 is 5.97 Å². The number of hydrogen-bond donors (Lipinski definition) is 0. The van der Waals surface area contributed by atoms with Crippen molar-refractivity contribution < 1.29 is 33.3 Å². The molecule has 0 N–H and O–H groups in total. The zero-order valence-electron chi connectivity index (χ0n) is 17.8. The Morgan fingerprint density at radius 2 is 1.60 bits per heavy atom. The first-order valence-electron chi connectivity index (χ1n) is 9.35. The summed E-state index contributed by atoms with van der Waals surface area (Å²) in [4.78, 5) is 23.8. The number of carbonyl (C=O) groups excluding carboxylic acids is 2. The molecule has 0 spiro atoms. The molecule has 0 unspecified atom stereocenters. The number of benzene rings is 2. The highest BCUT2D eigenvalue weighted by molar-refractivity contribution is 5.94. The summed E-state index contributed by atoms with van der Waals surface area (Å²) in [6, 6.07) is 8.49. The number of ether oxygens (including phenoxy) is 5. The van der Waals surface area contributed by atoms with Crippen LogP contribution in [0.25, 0.3) is 6.08 Å². The fourth-order valence-electron chi connectivity index (χ4n) is 2.77. The quantitative estimate of drug-likeness (QED) is 0.329. The Labute approximate surface area is 176 Å². The van der Waals surface area contributed by atoms with Gasteiger partial charge >= 0.3 is 5.97 Å². The van der Waals surface area contributed by atoms with Gasteiger partial charge in [0, 0.05) is 17.2 Å². The first-order valence-corrected chi connectivity index (χ1v) is 9.35. The number of hydrogen-bond acceptors (Lipinski definition) is 7. The highest BCUT2D eigenvalue weighted by Crippen LogP contribution is 2.38. The highest BCUT2D eigenvalue weighted by atomic mass is 16.5. The van der Waals surface area contributed by atoms with Crippen LogP contribution < -0.4 is 18.9 Å². The van der Waals surface area contributed by atoms with Crippen molar-refractivity contribution in [3.8, 4) is 23.0 Å². The van der Waals surface area contributed by atoms with Crippen LogP contribution in [0.2, 0.25) is 0 Å². The molecule has 7 heteroatoms. The van der Waals surface area contributed by atoms with Crippen molar-refractivity contribution in [3.05, 3.63) is 53.1 Å². The van der Waals surface area contributed by atoms with Gasteiger partial charge in [0.1, 0.15) is 12.4 Å². The van der Waals surface area contributed by atoms with Gasteiger partial charge in [0.25, 0.3) is 0 Å². The molecule has 0 aliphatic heterocycles. The van der Waals surface area contributed by atoms with Crippen molar-refractivity contribution >= 4 is 17.8 Å². The Hall–Kier alpha value is -3.48. The normalized spacial score (nSPS) is 10.6. The second-order valence-electron chi connectivity index (χ2n) is 6.21. The van der Waals surface area contributed by atoms with Crippen molar-refractivity contribution in [1.29, 1.82) is 0 Å². The summed E-state index contributed by atoms with van der Waals surface area (Å²) in [7, 11) is 4.55. The molecule has 2 rings (SSSR count). The molecule has 0 amide bonds. The van der Waals surface area contributed by atoms with Crippen LogP contribution in [0.1, 0.15) is 35.3 Å². The van der Waals surface area contributed by atoms with Crippen LogP contribution in [-0.2, 0) is 16.1 Å². The Morgan fingerprint density at radius 3 is 2.13 bits per heavy atom. The van der Waals surface area contributed by atoms with E-state index in [2.05, 4.69) is 0 Å². The van der Waals surface area contributed by atoms with Crippen molar-refractivity contribution in [2.24, 2.45) is 0 Å². The Bertz CT molecular complexity index is 906. The summed E-state index contributed by atoms with van der Waals surface area (Å²) in [6.07, 6.45) is 2.89. The topological polar surface area (TPSA) is 80.3 Å². The molecule has 0 heterocycles. The monoisotopic (exact) mass is 414 g/mol. The summed E-state index contributed by atoms with van der Waals surface area (Å²) in [5.41, 5.74) is 1.83. The van der Waals surface area contributed by atoms with E-state index >= 15 is 0 Å². The lowest BCUT2D eigenvalue weighted by molar-refractivity contribution is -0.138. The third-order valence-electron chi connectivity index (χ3n) is 4.24. The molecule has 0 aromatic heterocycles. The largest absolute Gasteiger partial charge is 0.493 e. The number of ketones is 1.